The third-order valence-electron chi connectivity index (χ3n) is 3.84. The van der Waals surface area contributed by atoms with Crippen LogP contribution < -0.4 is 22.1 Å². The molecular formula is C20H22NO2P. The topological polar surface area (TPSA) is 61.3 Å². The molecule has 3 N–H and O–H groups in total. The summed E-state index contributed by atoms with van der Waals surface area (Å²) in [5, 5.41) is 3.19. The van der Waals surface area contributed by atoms with Crippen molar-refractivity contribution >= 4 is 29.4 Å². The molecule has 3 rings (SSSR count). The van der Waals surface area contributed by atoms with E-state index in [1.807, 2.05) is 54.6 Å². The van der Waals surface area contributed by atoms with Crippen molar-refractivity contribution in [2.45, 2.75) is 6.92 Å². The largest absolute Gasteiger partial charge is 0.344 e. The molecule has 0 unspecified atom stereocenters. The standard InChI is InChI=1S/C20H19O2P.H3N/c1-17(21)22-23(18-11-5-2-6-12-18,19-13-7-3-8-14-19)20-15-9-4-10-16-20;/h2-16,23H,1H3;1H3. The van der Waals surface area contributed by atoms with Gasteiger partial charge in [0, 0.05) is 0 Å². The first-order valence-corrected chi connectivity index (χ1v) is 9.50. The number of hydrogen-bond acceptors (Lipinski definition) is 3. The van der Waals surface area contributed by atoms with Crippen LogP contribution in [0.1, 0.15) is 6.92 Å². The van der Waals surface area contributed by atoms with Crippen molar-refractivity contribution < 1.29 is 9.32 Å². The van der Waals surface area contributed by atoms with E-state index in [0.717, 1.165) is 15.9 Å². The molecule has 0 aliphatic rings. The smallest absolute Gasteiger partial charge is 0.344 e. The molecule has 0 amide bonds. The summed E-state index contributed by atoms with van der Waals surface area (Å²) in [6.07, 6.45) is 0. The number of hydrogen-bond donors (Lipinski definition) is 1. The first-order chi connectivity index (χ1) is 11.2. The van der Waals surface area contributed by atoms with E-state index in [1.54, 1.807) is 0 Å². The minimum absolute atomic E-state index is 0. The maximum atomic E-state index is 12.0. The van der Waals surface area contributed by atoms with Crippen molar-refractivity contribution in [1.82, 2.24) is 6.15 Å². The zero-order valence-corrected chi connectivity index (χ0v) is 14.7. The van der Waals surface area contributed by atoms with E-state index in [2.05, 4.69) is 36.4 Å². The molecule has 0 spiro atoms. The van der Waals surface area contributed by atoms with Crippen LogP contribution in [-0.4, -0.2) is 5.97 Å². The van der Waals surface area contributed by atoms with Crippen LogP contribution >= 0.6 is 7.49 Å². The van der Waals surface area contributed by atoms with Crippen molar-refractivity contribution in [3.63, 3.8) is 0 Å². The summed E-state index contributed by atoms with van der Waals surface area (Å²) in [6, 6.07) is 30.2. The Kier molecular flexibility index (Phi) is 5.86. The summed E-state index contributed by atoms with van der Waals surface area (Å²) in [6.45, 7) is 1.48. The van der Waals surface area contributed by atoms with Gasteiger partial charge in [0.2, 0.25) is 0 Å². The normalized spacial score (nSPS) is 11.2. The van der Waals surface area contributed by atoms with Gasteiger partial charge in [0.15, 0.2) is 0 Å². The van der Waals surface area contributed by atoms with Gasteiger partial charge in [-0.05, 0) is 0 Å². The van der Waals surface area contributed by atoms with Gasteiger partial charge in [0.05, 0.1) is 0 Å². The summed E-state index contributed by atoms with van der Waals surface area (Å²) in [4.78, 5) is 12.0. The zero-order chi connectivity index (χ0) is 16.1. The molecule has 4 heteroatoms. The Labute approximate surface area is 143 Å². The molecular weight excluding hydrogens is 317 g/mol. The van der Waals surface area contributed by atoms with Gasteiger partial charge in [0.25, 0.3) is 0 Å². The molecule has 0 saturated heterocycles. The number of carbonyl (C=O) groups excluding carboxylic acids is 1. The van der Waals surface area contributed by atoms with Gasteiger partial charge in [-0.15, -0.1) is 0 Å². The van der Waals surface area contributed by atoms with Gasteiger partial charge in [-0.25, -0.2) is 0 Å². The summed E-state index contributed by atoms with van der Waals surface area (Å²) in [5.41, 5.74) is 0. The summed E-state index contributed by atoms with van der Waals surface area (Å²) < 4.78 is 6.10. The Balaban J connectivity index is 0.00000208. The van der Waals surface area contributed by atoms with Gasteiger partial charge in [0.1, 0.15) is 0 Å². The predicted octanol–water partition coefficient (Wildman–Crippen LogP) is 3.35. The molecule has 0 heterocycles. The SMILES string of the molecule is CC(=O)O[PH](c1ccccc1)(c1ccccc1)c1ccccc1.N. The van der Waals surface area contributed by atoms with Crippen molar-refractivity contribution in [3.05, 3.63) is 91.0 Å². The molecule has 0 aliphatic carbocycles. The molecule has 0 aliphatic heterocycles. The van der Waals surface area contributed by atoms with E-state index in [0.29, 0.717) is 0 Å². The quantitative estimate of drug-likeness (QED) is 0.742. The van der Waals surface area contributed by atoms with E-state index < -0.39 is 7.49 Å². The van der Waals surface area contributed by atoms with Crippen LogP contribution in [-0.2, 0) is 9.32 Å². The van der Waals surface area contributed by atoms with E-state index in [9.17, 15) is 4.79 Å². The van der Waals surface area contributed by atoms with E-state index in [4.69, 9.17) is 4.52 Å². The van der Waals surface area contributed by atoms with Crippen LogP contribution in [0.4, 0.5) is 0 Å². The molecule has 3 aromatic rings. The minimum Gasteiger partial charge on any atom is -0.344 e. The summed E-state index contributed by atoms with van der Waals surface area (Å²) in [7, 11) is -2.84. The number of carbonyl (C=O) groups is 1. The first kappa shape index (κ1) is 17.9. The van der Waals surface area contributed by atoms with Crippen molar-refractivity contribution in [3.8, 4) is 0 Å². The Morgan fingerprint density at radius 3 is 1.21 bits per heavy atom. The Bertz CT molecular complexity index is 680. The monoisotopic (exact) mass is 339 g/mol. The van der Waals surface area contributed by atoms with Crippen LogP contribution in [0.3, 0.4) is 0 Å². The Hall–Kier alpha value is -2.48. The second-order valence-corrected chi connectivity index (χ2v) is 8.67. The fraction of sp³-hybridized carbons (Fsp3) is 0.0500. The molecule has 124 valence electrons. The predicted molar refractivity (Wildman–Crippen MR) is 103 cm³/mol. The second-order valence-electron chi connectivity index (χ2n) is 5.37. The summed E-state index contributed by atoms with van der Waals surface area (Å²) >= 11 is 0. The number of benzene rings is 3. The first-order valence-electron chi connectivity index (χ1n) is 7.59. The average molecular weight is 339 g/mol. The van der Waals surface area contributed by atoms with Gasteiger partial charge in [-0.3, -0.25) is 0 Å². The van der Waals surface area contributed by atoms with Crippen molar-refractivity contribution in [2.75, 3.05) is 0 Å². The van der Waals surface area contributed by atoms with E-state index >= 15 is 0 Å². The Morgan fingerprint density at radius 2 is 0.958 bits per heavy atom. The van der Waals surface area contributed by atoms with E-state index in [1.165, 1.54) is 6.92 Å². The van der Waals surface area contributed by atoms with Crippen LogP contribution in [0.25, 0.3) is 0 Å². The average Bonchev–Trinajstić information content (AvgIpc) is 2.62. The third-order valence-corrected chi connectivity index (χ3v) is 7.87. The van der Waals surface area contributed by atoms with E-state index in [-0.39, 0.29) is 12.1 Å². The molecule has 0 saturated carbocycles. The van der Waals surface area contributed by atoms with Crippen LogP contribution in [0.2, 0.25) is 0 Å². The molecule has 3 aromatic carbocycles. The van der Waals surface area contributed by atoms with Crippen LogP contribution in [0.5, 0.6) is 0 Å². The zero-order valence-electron chi connectivity index (χ0n) is 13.7. The molecule has 0 radical (unpaired) electrons. The van der Waals surface area contributed by atoms with Crippen molar-refractivity contribution in [2.24, 2.45) is 0 Å². The van der Waals surface area contributed by atoms with Gasteiger partial charge in [-0.1, -0.05) is 0 Å². The third kappa shape index (κ3) is 3.38. The summed E-state index contributed by atoms with van der Waals surface area (Å²) in [5.74, 6) is -0.256. The van der Waals surface area contributed by atoms with Crippen LogP contribution in [0.15, 0.2) is 91.0 Å². The van der Waals surface area contributed by atoms with Crippen LogP contribution in [0, 0.1) is 0 Å². The fourth-order valence-electron chi connectivity index (χ4n) is 2.91. The van der Waals surface area contributed by atoms with Gasteiger partial charge in [-0.2, -0.15) is 0 Å². The molecule has 24 heavy (non-hydrogen) atoms. The molecule has 0 fully saturated rings. The molecule has 3 nitrogen and oxygen atoms in total. The molecule has 0 bridgehead atoms. The Morgan fingerprint density at radius 1 is 0.667 bits per heavy atom. The van der Waals surface area contributed by atoms with Gasteiger partial charge < -0.3 is 6.15 Å². The second kappa shape index (κ2) is 7.87. The molecule has 0 aromatic heterocycles. The maximum absolute atomic E-state index is 12.0. The minimum atomic E-state index is -2.84. The van der Waals surface area contributed by atoms with Crippen molar-refractivity contribution in [1.29, 1.82) is 0 Å². The molecule has 0 atom stereocenters. The number of rotatable bonds is 4. The maximum Gasteiger partial charge on any atom is -0.344 e. The van der Waals surface area contributed by atoms with Gasteiger partial charge >= 0.3 is 137 Å². The fourth-order valence-corrected chi connectivity index (χ4v) is 6.68.